The third-order valence-electron chi connectivity index (χ3n) is 3.51. The summed E-state index contributed by atoms with van der Waals surface area (Å²) in [5.74, 6) is 0.951. The first-order chi connectivity index (χ1) is 10.9. The van der Waals surface area contributed by atoms with E-state index in [1.54, 1.807) is 0 Å². The van der Waals surface area contributed by atoms with E-state index in [9.17, 15) is 0 Å². The molecule has 1 N–H and O–H groups in total. The number of hydrogen-bond acceptors (Lipinski definition) is 4. The maximum atomic E-state index is 5.86. The number of benzene rings is 2. The van der Waals surface area contributed by atoms with Crippen molar-refractivity contribution in [1.29, 1.82) is 0 Å². The summed E-state index contributed by atoms with van der Waals surface area (Å²) in [6, 6.07) is 18.9. The van der Waals surface area contributed by atoms with Gasteiger partial charge in [-0.2, -0.15) is 0 Å². The van der Waals surface area contributed by atoms with Crippen molar-refractivity contribution in [2.24, 2.45) is 0 Å². The summed E-state index contributed by atoms with van der Waals surface area (Å²) >= 11 is 1.83. The molecule has 2 aromatic carbocycles. The zero-order valence-corrected chi connectivity index (χ0v) is 13.4. The number of nitrogens with one attached hydrogen (secondary N) is 1. The van der Waals surface area contributed by atoms with Crippen LogP contribution in [0.2, 0.25) is 0 Å². The molecule has 3 rings (SSSR count). The van der Waals surface area contributed by atoms with Gasteiger partial charge < -0.3 is 14.6 Å². The predicted octanol–water partition coefficient (Wildman–Crippen LogP) is 2.31. The van der Waals surface area contributed by atoms with E-state index in [2.05, 4.69) is 47.8 Å². The average molecular weight is 313 g/mol. The Kier molecular flexibility index (Phi) is 5.96. The zero-order chi connectivity index (χ0) is 15.0. The predicted molar refractivity (Wildman–Crippen MR) is 92.6 cm³/mol. The Morgan fingerprint density at radius 3 is 2.36 bits per heavy atom. The number of thioether (sulfide) groups is 1. The first-order valence-electron chi connectivity index (χ1n) is 7.63. The van der Waals surface area contributed by atoms with E-state index in [1.165, 1.54) is 10.5 Å². The standard InChI is InChI=1S/C17H20BNO2S/c1-2-6-15(7-3-1)14-22-17-9-5-4-8-16(17)18-20-12-10-19-11-13-21-18/h1-9,19H,10-14H2. The molecule has 5 heteroatoms. The first-order valence-corrected chi connectivity index (χ1v) is 8.61. The van der Waals surface area contributed by atoms with E-state index in [4.69, 9.17) is 9.31 Å². The van der Waals surface area contributed by atoms with Gasteiger partial charge in [-0.15, -0.1) is 11.8 Å². The van der Waals surface area contributed by atoms with Crippen LogP contribution in [0.5, 0.6) is 0 Å². The molecule has 1 aliphatic rings. The zero-order valence-electron chi connectivity index (χ0n) is 12.5. The van der Waals surface area contributed by atoms with Gasteiger partial charge in [-0.25, -0.2) is 0 Å². The highest BCUT2D eigenvalue weighted by Gasteiger charge is 2.25. The Hall–Kier alpha value is -1.27. The van der Waals surface area contributed by atoms with Crippen LogP contribution >= 0.6 is 11.8 Å². The lowest BCUT2D eigenvalue weighted by atomic mass is 9.78. The third kappa shape index (κ3) is 4.37. The number of hydrogen-bond donors (Lipinski definition) is 1. The lowest BCUT2D eigenvalue weighted by Crippen LogP contribution is -2.43. The van der Waals surface area contributed by atoms with Gasteiger partial charge >= 0.3 is 7.12 Å². The maximum absolute atomic E-state index is 5.86. The van der Waals surface area contributed by atoms with Crippen molar-refractivity contribution < 1.29 is 9.31 Å². The Morgan fingerprint density at radius 1 is 0.909 bits per heavy atom. The van der Waals surface area contributed by atoms with Crippen molar-refractivity contribution in [3.8, 4) is 0 Å². The van der Waals surface area contributed by atoms with E-state index < -0.39 is 0 Å². The summed E-state index contributed by atoms with van der Waals surface area (Å²) in [6.45, 7) is 3.09. The van der Waals surface area contributed by atoms with Crippen LogP contribution in [0, 0.1) is 0 Å². The molecule has 0 bridgehead atoms. The summed E-state index contributed by atoms with van der Waals surface area (Å²) in [7, 11) is -0.262. The van der Waals surface area contributed by atoms with Crippen LogP contribution in [-0.2, 0) is 15.1 Å². The Balaban J connectivity index is 1.71. The Morgan fingerprint density at radius 2 is 1.59 bits per heavy atom. The summed E-state index contributed by atoms with van der Waals surface area (Å²) in [6.07, 6.45) is 0. The molecule has 1 aliphatic heterocycles. The molecule has 1 heterocycles. The molecule has 0 unspecified atom stereocenters. The third-order valence-corrected chi connectivity index (χ3v) is 4.67. The van der Waals surface area contributed by atoms with Crippen LogP contribution in [0.15, 0.2) is 59.5 Å². The minimum atomic E-state index is -0.262. The molecule has 0 amide bonds. The second-order valence-corrected chi connectivity index (χ2v) is 6.15. The summed E-state index contributed by atoms with van der Waals surface area (Å²) in [5, 5.41) is 3.27. The van der Waals surface area contributed by atoms with Crippen LogP contribution in [0.1, 0.15) is 5.56 Å². The van der Waals surface area contributed by atoms with Crippen molar-refractivity contribution in [3.63, 3.8) is 0 Å². The summed E-state index contributed by atoms with van der Waals surface area (Å²) in [4.78, 5) is 1.23. The average Bonchev–Trinajstić information content (AvgIpc) is 2.54. The Labute approximate surface area is 136 Å². The lowest BCUT2D eigenvalue weighted by molar-refractivity contribution is 0.187. The van der Waals surface area contributed by atoms with Gasteiger partial charge in [-0.05, 0) is 17.1 Å². The van der Waals surface area contributed by atoms with E-state index in [1.807, 2.05) is 23.9 Å². The monoisotopic (exact) mass is 313 g/mol. The van der Waals surface area contributed by atoms with Gasteiger partial charge in [0, 0.05) is 37.0 Å². The summed E-state index contributed by atoms with van der Waals surface area (Å²) in [5.41, 5.74) is 2.45. The molecule has 1 saturated heterocycles. The van der Waals surface area contributed by atoms with Gasteiger partial charge in [0.05, 0.1) is 0 Å². The molecule has 2 aromatic rings. The van der Waals surface area contributed by atoms with E-state index in [-0.39, 0.29) is 7.12 Å². The molecule has 0 atom stereocenters. The van der Waals surface area contributed by atoms with Crippen molar-refractivity contribution in [1.82, 2.24) is 5.32 Å². The van der Waals surface area contributed by atoms with Gasteiger partial charge in [0.15, 0.2) is 0 Å². The second kappa shape index (κ2) is 8.39. The molecule has 114 valence electrons. The minimum absolute atomic E-state index is 0.262. The maximum Gasteiger partial charge on any atom is 0.495 e. The van der Waals surface area contributed by atoms with E-state index in [0.29, 0.717) is 13.2 Å². The minimum Gasteiger partial charge on any atom is -0.406 e. The molecule has 22 heavy (non-hydrogen) atoms. The van der Waals surface area contributed by atoms with Gasteiger partial charge in [-0.3, -0.25) is 0 Å². The first kappa shape index (κ1) is 15.6. The topological polar surface area (TPSA) is 30.5 Å². The van der Waals surface area contributed by atoms with Crippen molar-refractivity contribution >= 4 is 24.3 Å². The highest BCUT2D eigenvalue weighted by Crippen LogP contribution is 2.21. The molecule has 1 fully saturated rings. The fourth-order valence-corrected chi connectivity index (χ4v) is 3.39. The Bertz CT molecular complexity index is 574. The second-order valence-electron chi connectivity index (χ2n) is 5.14. The molecule has 0 saturated carbocycles. The van der Waals surface area contributed by atoms with Crippen molar-refractivity contribution in [2.75, 3.05) is 26.3 Å². The van der Waals surface area contributed by atoms with Gasteiger partial charge in [-0.1, -0.05) is 48.5 Å². The molecule has 0 aromatic heterocycles. The molecular weight excluding hydrogens is 293 g/mol. The van der Waals surface area contributed by atoms with Crippen LogP contribution in [-0.4, -0.2) is 33.4 Å². The molecule has 0 radical (unpaired) electrons. The number of rotatable bonds is 4. The van der Waals surface area contributed by atoms with Crippen LogP contribution in [0.4, 0.5) is 0 Å². The quantitative estimate of drug-likeness (QED) is 0.693. The highest BCUT2D eigenvalue weighted by atomic mass is 32.2. The van der Waals surface area contributed by atoms with Crippen LogP contribution in [0.25, 0.3) is 0 Å². The fraction of sp³-hybridized carbons (Fsp3) is 0.294. The van der Waals surface area contributed by atoms with E-state index in [0.717, 1.165) is 24.3 Å². The molecule has 0 aliphatic carbocycles. The van der Waals surface area contributed by atoms with Crippen LogP contribution < -0.4 is 10.8 Å². The summed E-state index contributed by atoms with van der Waals surface area (Å²) < 4.78 is 11.7. The largest absolute Gasteiger partial charge is 0.495 e. The van der Waals surface area contributed by atoms with E-state index >= 15 is 0 Å². The van der Waals surface area contributed by atoms with Crippen LogP contribution in [0.3, 0.4) is 0 Å². The smallest absolute Gasteiger partial charge is 0.406 e. The fourth-order valence-electron chi connectivity index (χ4n) is 2.37. The van der Waals surface area contributed by atoms with Gasteiger partial charge in [0.25, 0.3) is 0 Å². The normalized spacial score (nSPS) is 16.1. The van der Waals surface area contributed by atoms with Gasteiger partial charge in [0.2, 0.25) is 0 Å². The van der Waals surface area contributed by atoms with Crippen molar-refractivity contribution in [3.05, 3.63) is 60.2 Å². The highest BCUT2D eigenvalue weighted by molar-refractivity contribution is 7.98. The molecular formula is C17H20BNO2S. The van der Waals surface area contributed by atoms with Crippen molar-refractivity contribution in [2.45, 2.75) is 10.6 Å². The molecule has 0 spiro atoms. The van der Waals surface area contributed by atoms with Gasteiger partial charge in [0.1, 0.15) is 0 Å². The lowest BCUT2D eigenvalue weighted by Gasteiger charge is -2.20. The molecule has 3 nitrogen and oxygen atoms in total. The SMILES string of the molecule is c1ccc(CSc2ccccc2B2OCCNCCO2)cc1.